The van der Waals surface area contributed by atoms with Crippen molar-refractivity contribution in [1.29, 1.82) is 0 Å². The molecule has 0 saturated heterocycles. The Labute approximate surface area is 188 Å². The summed E-state index contributed by atoms with van der Waals surface area (Å²) in [6, 6.07) is 15.6. The third-order valence-corrected chi connectivity index (χ3v) is 6.06. The van der Waals surface area contributed by atoms with Gasteiger partial charge in [0.05, 0.1) is 17.3 Å². The number of rotatable bonds is 7. The SMILES string of the molecule is CCOc1cc(C=Nc2ccc(C)cc2C)cc(Cl)c1OS(=O)(=O)c1ccc(C)cc1. The predicted octanol–water partition coefficient (Wildman–Crippen LogP) is 6.18. The highest BCUT2D eigenvalue weighted by Crippen LogP contribution is 2.38. The van der Waals surface area contributed by atoms with Crippen molar-refractivity contribution in [2.45, 2.75) is 32.6 Å². The molecule has 0 spiro atoms. The van der Waals surface area contributed by atoms with E-state index in [4.69, 9.17) is 20.5 Å². The van der Waals surface area contributed by atoms with Gasteiger partial charge >= 0.3 is 10.1 Å². The minimum absolute atomic E-state index is 0.0390. The van der Waals surface area contributed by atoms with E-state index in [1.807, 2.05) is 32.9 Å². The van der Waals surface area contributed by atoms with Crippen LogP contribution >= 0.6 is 11.6 Å². The van der Waals surface area contributed by atoms with Crippen molar-refractivity contribution < 1.29 is 17.3 Å². The second-order valence-electron chi connectivity index (χ2n) is 7.16. The minimum atomic E-state index is -4.07. The summed E-state index contributed by atoms with van der Waals surface area (Å²) in [7, 11) is -4.07. The summed E-state index contributed by atoms with van der Waals surface area (Å²) < 4.78 is 36.4. The molecule has 0 N–H and O–H groups in total. The van der Waals surface area contributed by atoms with E-state index in [2.05, 4.69) is 11.1 Å². The largest absolute Gasteiger partial charge is 0.490 e. The molecule has 0 amide bonds. The van der Waals surface area contributed by atoms with Gasteiger partial charge in [-0.05, 0) is 69.2 Å². The fraction of sp³-hybridized carbons (Fsp3) is 0.208. The van der Waals surface area contributed by atoms with Crippen LogP contribution in [-0.2, 0) is 10.1 Å². The fourth-order valence-electron chi connectivity index (χ4n) is 2.96. The maximum absolute atomic E-state index is 12.7. The van der Waals surface area contributed by atoms with E-state index in [0.717, 1.165) is 22.4 Å². The van der Waals surface area contributed by atoms with Crippen LogP contribution in [0.15, 0.2) is 64.5 Å². The number of aryl methyl sites for hydroxylation is 3. The standard InChI is InChI=1S/C24H24ClNO4S/c1-5-29-23-14-19(15-26-22-11-8-17(3)12-18(22)4)13-21(25)24(23)30-31(27,28)20-9-6-16(2)7-10-20/h6-15H,5H2,1-4H3. The number of hydrogen-bond acceptors (Lipinski definition) is 5. The van der Waals surface area contributed by atoms with E-state index in [1.54, 1.807) is 37.4 Å². The van der Waals surface area contributed by atoms with Gasteiger partial charge in [-0.1, -0.05) is 47.0 Å². The van der Waals surface area contributed by atoms with E-state index < -0.39 is 10.1 Å². The van der Waals surface area contributed by atoms with Crippen molar-refractivity contribution in [1.82, 2.24) is 0 Å². The van der Waals surface area contributed by atoms with Gasteiger partial charge in [-0.25, -0.2) is 0 Å². The highest BCUT2D eigenvalue weighted by atomic mass is 35.5. The van der Waals surface area contributed by atoms with E-state index in [-0.39, 0.29) is 21.4 Å². The summed E-state index contributed by atoms with van der Waals surface area (Å²) >= 11 is 6.39. The number of ether oxygens (including phenoxy) is 1. The Bertz CT molecular complexity index is 1220. The first-order chi connectivity index (χ1) is 14.7. The normalized spacial score (nSPS) is 11.6. The molecule has 3 aromatic rings. The molecular weight excluding hydrogens is 434 g/mol. The molecule has 162 valence electrons. The lowest BCUT2D eigenvalue weighted by Crippen LogP contribution is -2.11. The predicted molar refractivity (Wildman–Crippen MR) is 125 cm³/mol. The molecule has 0 radical (unpaired) electrons. The summed E-state index contributed by atoms with van der Waals surface area (Å²) in [6.45, 7) is 8.00. The molecule has 0 aliphatic carbocycles. The lowest BCUT2D eigenvalue weighted by molar-refractivity contribution is 0.327. The molecule has 3 rings (SSSR count). The first-order valence-electron chi connectivity index (χ1n) is 9.78. The van der Waals surface area contributed by atoms with Crippen LogP contribution in [-0.4, -0.2) is 21.2 Å². The Hall–Kier alpha value is -2.83. The number of nitrogens with zero attached hydrogens (tertiary/aromatic N) is 1. The Morgan fingerprint density at radius 3 is 2.29 bits per heavy atom. The van der Waals surface area contributed by atoms with Crippen LogP contribution in [0.5, 0.6) is 11.5 Å². The number of aliphatic imine (C=N–C) groups is 1. The molecule has 5 nitrogen and oxygen atoms in total. The van der Waals surface area contributed by atoms with Gasteiger partial charge in [0.25, 0.3) is 0 Å². The Balaban J connectivity index is 1.95. The highest BCUT2D eigenvalue weighted by Gasteiger charge is 2.22. The molecule has 0 unspecified atom stereocenters. The number of halogens is 1. The monoisotopic (exact) mass is 457 g/mol. The van der Waals surface area contributed by atoms with Gasteiger partial charge in [0.1, 0.15) is 4.90 Å². The quantitative estimate of drug-likeness (QED) is 0.313. The molecular formula is C24H24ClNO4S. The van der Waals surface area contributed by atoms with Gasteiger partial charge in [0, 0.05) is 6.21 Å². The van der Waals surface area contributed by atoms with Crippen molar-refractivity contribution >= 4 is 33.6 Å². The minimum Gasteiger partial charge on any atom is -0.490 e. The van der Waals surface area contributed by atoms with E-state index >= 15 is 0 Å². The van der Waals surface area contributed by atoms with Crippen LogP contribution in [0, 0.1) is 20.8 Å². The van der Waals surface area contributed by atoms with Crippen LogP contribution in [0.4, 0.5) is 5.69 Å². The molecule has 0 bridgehead atoms. The van der Waals surface area contributed by atoms with Crippen LogP contribution in [0.1, 0.15) is 29.2 Å². The molecule has 0 saturated carbocycles. The van der Waals surface area contributed by atoms with E-state index in [1.165, 1.54) is 12.1 Å². The molecule has 0 aliphatic heterocycles. The number of benzene rings is 3. The Morgan fingerprint density at radius 2 is 1.65 bits per heavy atom. The average molecular weight is 458 g/mol. The maximum Gasteiger partial charge on any atom is 0.339 e. The van der Waals surface area contributed by atoms with Crippen LogP contribution in [0.2, 0.25) is 5.02 Å². The summed E-state index contributed by atoms with van der Waals surface area (Å²) in [5.41, 5.74) is 4.65. The van der Waals surface area contributed by atoms with Crippen LogP contribution in [0.25, 0.3) is 0 Å². The van der Waals surface area contributed by atoms with E-state index in [9.17, 15) is 8.42 Å². The van der Waals surface area contributed by atoms with Gasteiger partial charge in [-0.2, -0.15) is 8.42 Å². The summed E-state index contributed by atoms with van der Waals surface area (Å²) in [5, 5.41) is 0.115. The second-order valence-corrected chi connectivity index (χ2v) is 9.12. The van der Waals surface area contributed by atoms with E-state index in [0.29, 0.717) is 12.2 Å². The van der Waals surface area contributed by atoms with Gasteiger partial charge in [0.2, 0.25) is 5.75 Å². The molecule has 7 heteroatoms. The zero-order valence-corrected chi connectivity index (χ0v) is 19.4. The summed E-state index contributed by atoms with van der Waals surface area (Å²) in [6.07, 6.45) is 1.66. The molecule has 0 aromatic heterocycles. The van der Waals surface area contributed by atoms with Gasteiger partial charge < -0.3 is 8.92 Å². The molecule has 0 fully saturated rings. The smallest absolute Gasteiger partial charge is 0.339 e. The van der Waals surface area contributed by atoms with Gasteiger partial charge in [-0.15, -0.1) is 0 Å². The third-order valence-electron chi connectivity index (χ3n) is 4.54. The van der Waals surface area contributed by atoms with Gasteiger partial charge in [0.15, 0.2) is 5.75 Å². The molecule has 0 heterocycles. The Morgan fingerprint density at radius 1 is 0.968 bits per heavy atom. The average Bonchev–Trinajstić information content (AvgIpc) is 2.70. The van der Waals surface area contributed by atoms with Crippen LogP contribution < -0.4 is 8.92 Å². The lowest BCUT2D eigenvalue weighted by atomic mass is 10.1. The van der Waals surface area contributed by atoms with Crippen molar-refractivity contribution in [3.05, 3.63) is 81.9 Å². The zero-order valence-electron chi connectivity index (χ0n) is 17.8. The molecule has 3 aromatic carbocycles. The van der Waals surface area contributed by atoms with Crippen LogP contribution in [0.3, 0.4) is 0 Å². The molecule has 0 atom stereocenters. The topological polar surface area (TPSA) is 65.0 Å². The highest BCUT2D eigenvalue weighted by molar-refractivity contribution is 7.87. The zero-order chi connectivity index (χ0) is 22.6. The summed E-state index contributed by atoms with van der Waals surface area (Å²) in [5.74, 6) is 0.181. The second kappa shape index (κ2) is 9.54. The summed E-state index contributed by atoms with van der Waals surface area (Å²) in [4.78, 5) is 4.56. The first kappa shape index (κ1) is 22.8. The fourth-order valence-corrected chi connectivity index (χ4v) is 4.22. The third kappa shape index (κ3) is 5.66. The molecule has 31 heavy (non-hydrogen) atoms. The first-order valence-corrected chi connectivity index (χ1v) is 11.6. The molecule has 0 aliphatic rings. The van der Waals surface area contributed by atoms with Crippen molar-refractivity contribution in [2.24, 2.45) is 4.99 Å². The van der Waals surface area contributed by atoms with Gasteiger partial charge in [-0.3, -0.25) is 4.99 Å². The maximum atomic E-state index is 12.7. The number of hydrogen-bond donors (Lipinski definition) is 0. The van der Waals surface area contributed by atoms with Crippen molar-refractivity contribution in [3.63, 3.8) is 0 Å². The Kier molecular flexibility index (Phi) is 7.03. The van der Waals surface area contributed by atoms with Crippen molar-refractivity contribution in [2.75, 3.05) is 6.61 Å². The lowest BCUT2D eigenvalue weighted by Gasteiger charge is -2.14. The van der Waals surface area contributed by atoms with Crippen molar-refractivity contribution in [3.8, 4) is 11.5 Å².